The third-order valence-electron chi connectivity index (χ3n) is 5.05. The molecule has 102 valence electrons. The molecule has 1 aromatic rings. The van der Waals surface area contributed by atoms with Gasteiger partial charge in [-0.1, -0.05) is 18.2 Å². The van der Waals surface area contributed by atoms with Crippen molar-refractivity contribution in [2.75, 3.05) is 4.90 Å². The average Bonchev–Trinajstić information content (AvgIpc) is 2.63. The lowest BCUT2D eigenvalue weighted by Gasteiger charge is -2.47. The molecular weight excluding hydrogens is 254 g/mol. The molecule has 20 heavy (non-hydrogen) atoms. The third kappa shape index (κ3) is 1.34. The second-order valence-electron chi connectivity index (χ2n) is 5.95. The SMILES string of the molecule is O=C1CCC[C@@H]2[C@H]1[C@H]1C(=O)N(c3ccccc3)C(=O)[C@@H]21. The quantitative estimate of drug-likeness (QED) is 0.730. The lowest BCUT2D eigenvalue weighted by molar-refractivity contribution is -0.152. The van der Waals surface area contributed by atoms with E-state index in [4.69, 9.17) is 0 Å². The molecular formula is C16H15NO3. The number of hydrogen-bond acceptors (Lipinski definition) is 3. The first-order chi connectivity index (χ1) is 9.70. The number of carbonyl (C=O) groups is 3. The van der Waals surface area contributed by atoms with Crippen molar-refractivity contribution < 1.29 is 14.4 Å². The van der Waals surface area contributed by atoms with Gasteiger partial charge in [-0.2, -0.15) is 0 Å². The maximum absolute atomic E-state index is 12.5. The van der Waals surface area contributed by atoms with Crippen molar-refractivity contribution >= 4 is 23.3 Å². The van der Waals surface area contributed by atoms with Crippen LogP contribution in [0.5, 0.6) is 0 Å². The zero-order valence-corrected chi connectivity index (χ0v) is 11.0. The maximum Gasteiger partial charge on any atom is 0.238 e. The number of hydrogen-bond donors (Lipinski definition) is 0. The molecule has 3 aliphatic rings. The second-order valence-corrected chi connectivity index (χ2v) is 5.95. The van der Waals surface area contributed by atoms with Gasteiger partial charge in [-0.3, -0.25) is 19.3 Å². The second kappa shape index (κ2) is 4.01. The topological polar surface area (TPSA) is 54.5 Å². The van der Waals surface area contributed by atoms with E-state index in [0.717, 1.165) is 12.8 Å². The van der Waals surface area contributed by atoms with Gasteiger partial charge in [0.2, 0.25) is 11.8 Å². The zero-order valence-electron chi connectivity index (χ0n) is 11.0. The molecule has 1 aliphatic heterocycles. The van der Waals surface area contributed by atoms with Crippen molar-refractivity contribution in [3.8, 4) is 0 Å². The Bertz CT molecular complexity index is 609. The fourth-order valence-electron chi connectivity index (χ4n) is 4.19. The number of anilines is 1. The van der Waals surface area contributed by atoms with Crippen LogP contribution in [-0.4, -0.2) is 17.6 Å². The van der Waals surface area contributed by atoms with Gasteiger partial charge in [-0.15, -0.1) is 0 Å². The molecule has 2 amide bonds. The van der Waals surface area contributed by atoms with Gasteiger partial charge in [0.15, 0.2) is 0 Å². The van der Waals surface area contributed by atoms with E-state index in [1.165, 1.54) is 4.90 Å². The largest absolute Gasteiger partial charge is 0.299 e. The summed E-state index contributed by atoms with van der Waals surface area (Å²) in [5, 5.41) is 0. The summed E-state index contributed by atoms with van der Waals surface area (Å²) in [6, 6.07) is 9.02. The number of fused-ring (bicyclic) bond motifs is 4. The predicted octanol–water partition coefficient (Wildman–Crippen LogP) is 1.79. The molecule has 1 aromatic carbocycles. The first-order valence-electron chi connectivity index (χ1n) is 7.16. The predicted molar refractivity (Wildman–Crippen MR) is 71.8 cm³/mol. The highest BCUT2D eigenvalue weighted by Crippen LogP contribution is 2.57. The Morgan fingerprint density at radius 2 is 1.60 bits per heavy atom. The fraction of sp³-hybridized carbons (Fsp3) is 0.438. The molecule has 4 atom stereocenters. The van der Waals surface area contributed by atoms with E-state index in [1.54, 1.807) is 12.1 Å². The Morgan fingerprint density at radius 3 is 2.35 bits per heavy atom. The number of carbonyl (C=O) groups excluding carboxylic acids is 3. The summed E-state index contributed by atoms with van der Waals surface area (Å²) >= 11 is 0. The first kappa shape index (κ1) is 11.8. The van der Waals surface area contributed by atoms with Crippen LogP contribution in [0.25, 0.3) is 0 Å². The minimum atomic E-state index is -0.388. The third-order valence-corrected chi connectivity index (χ3v) is 5.05. The average molecular weight is 269 g/mol. The molecule has 0 spiro atoms. The van der Waals surface area contributed by atoms with Crippen LogP contribution < -0.4 is 4.90 Å². The number of para-hydroxylation sites is 1. The Kier molecular flexibility index (Phi) is 2.37. The van der Waals surface area contributed by atoms with Crippen LogP contribution in [0.15, 0.2) is 30.3 Å². The van der Waals surface area contributed by atoms with Gasteiger partial charge in [0.05, 0.1) is 17.5 Å². The van der Waals surface area contributed by atoms with Gasteiger partial charge in [-0.25, -0.2) is 0 Å². The lowest BCUT2D eigenvalue weighted by Crippen LogP contribution is -2.54. The van der Waals surface area contributed by atoms with Crippen LogP contribution in [0.1, 0.15) is 19.3 Å². The van der Waals surface area contributed by atoms with Crippen LogP contribution in [0, 0.1) is 23.7 Å². The van der Waals surface area contributed by atoms with E-state index in [-0.39, 0.29) is 41.3 Å². The summed E-state index contributed by atoms with van der Waals surface area (Å²) in [7, 11) is 0. The minimum absolute atomic E-state index is 0.103. The highest BCUT2D eigenvalue weighted by atomic mass is 16.2. The van der Waals surface area contributed by atoms with E-state index >= 15 is 0 Å². The molecule has 2 aliphatic carbocycles. The van der Waals surface area contributed by atoms with Crippen molar-refractivity contribution in [1.82, 2.24) is 0 Å². The van der Waals surface area contributed by atoms with E-state index in [0.29, 0.717) is 12.1 Å². The highest BCUT2D eigenvalue weighted by molar-refractivity contribution is 6.24. The molecule has 3 fully saturated rings. The first-order valence-corrected chi connectivity index (χ1v) is 7.16. The zero-order chi connectivity index (χ0) is 13.9. The number of amides is 2. The van der Waals surface area contributed by atoms with E-state index in [9.17, 15) is 14.4 Å². The fourth-order valence-corrected chi connectivity index (χ4v) is 4.19. The van der Waals surface area contributed by atoms with Gasteiger partial charge in [0, 0.05) is 12.3 Å². The Balaban J connectivity index is 1.71. The summed E-state index contributed by atoms with van der Waals surface area (Å²) in [5.74, 6) is -0.841. The normalized spacial score (nSPS) is 35.6. The van der Waals surface area contributed by atoms with Crippen LogP contribution in [0.2, 0.25) is 0 Å². The van der Waals surface area contributed by atoms with Crippen molar-refractivity contribution in [3.63, 3.8) is 0 Å². The molecule has 4 rings (SSSR count). The smallest absolute Gasteiger partial charge is 0.238 e. The van der Waals surface area contributed by atoms with Crippen molar-refractivity contribution in [3.05, 3.63) is 30.3 Å². The molecule has 0 N–H and O–H groups in total. The summed E-state index contributed by atoms with van der Waals surface area (Å²) in [5.41, 5.74) is 0.626. The molecule has 1 heterocycles. The Morgan fingerprint density at radius 1 is 0.900 bits per heavy atom. The minimum Gasteiger partial charge on any atom is -0.299 e. The van der Waals surface area contributed by atoms with E-state index in [2.05, 4.69) is 0 Å². The van der Waals surface area contributed by atoms with Crippen molar-refractivity contribution in [1.29, 1.82) is 0 Å². The molecule has 1 saturated heterocycles. The number of nitrogens with zero attached hydrogens (tertiary/aromatic N) is 1. The van der Waals surface area contributed by atoms with Crippen LogP contribution >= 0.6 is 0 Å². The van der Waals surface area contributed by atoms with Gasteiger partial charge in [-0.05, 0) is 30.9 Å². The lowest BCUT2D eigenvalue weighted by atomic mass is 9.52. The number of imide groups is 1. The molecule has 4 heteroatoms. The van der Waals surface area contributed by atoms with E-state index < -0.39 is 0 Å². The Hall–Kier alpha value is -1.97. The number of Topliss-reactive ketones (excluding diaryl/α,β-unsaturated/α-hetero) is 1. The summed E-state index contributed by atoms with van der Waals surface area (Å²) in [4.78, 5) is 38.4. The molecule has 0 unspecified atom stereocenters. The molecule has 0 radical (unpaired) electrons. The molecule has 4 nitrogen and oxygen atoms in total. The van der Waals surface area contributed by atoms with Gasteiger partial charge in [0.25, 0.3) is 0 Å². The maximum atomic E-state index is 12.5. The van der Waals surface area contributed by atoms with Crippen LogP contribution in [0.4, 0.5) is 5.69 Å². The standard InChI is InChI=1S/C16H15NO3/c18-11-8-4-7-10-12(11)14-13(10)15(19)17(16(14)20)9-5-2-1-3-6-9/h1-3,5-6,10,12-14H,4,7-8H2/t10-,12-,13+,14-/m1/s1. The summed E-state index contributed by atoms with van der Waals surface area (Å²) in [6.45, 7) is 0. The van der Waals surface area contributed by atoms with E-state index in [1.807, 2.05) is 18.2 Å². The van der Waals surface area contributed by atoms with Gasteiger partial charge in [0.1, 0.15) is 5.78 Å². The van der Waals surface area contributed by atoms with Crippen LogP contribution in [-0.2, 0) is 14.4 Å². The number of ketones is 1. The molecule has 0 bridgehead atoms. The molecule has 0 aromatic heterocycles. The van der Waals surface area contributed by atoms with Crippen molar-refractivity contribution in [2.24, 2.45) is 23.7 Å². The van der Waals surface area contributed by atoms with Gasteiger partial charge < -0.3 is 0 Å². The molecule has 2 saturated carbocycles. The highest BCUT2D eigenvalue weighted by Gasteiger charge is 2.66. The van der Waals surface area contributed by atoms with Gasteiger partial charge >= 0.3 is 0 Å². The number of rotatable bonds is 1. The van der Waals surface area contributed by atoms with Crippen LogP contribution in [0.3, 0.4) is 0 Å². The summed E-state index contributed by atoms with van der Waals surface area (Å²) < 4.78 is 0. The monoisotopic (exact) mass is 269 g/mol. The Labute approximate surface area is 116 Å². The summed E-state index contributed by atoms with van der Waals surface area (Å²) in [6.07, 6.45) is 2.33. The number of benzene rings is 1. The van der Waals surface area contributed by atoms with Crippen molar-refractivity contribution in [2.45, 2.75) is 19.3 Å².